The summed E-state index contributed by atoms with van der Waals surface area (Å²) in [5, 5.41) is 20.7. The van der Waals surface area contributed by atoms with Crippen LogP contribution in [0.1, 0.15) is 23.2 Å². The molecule has 2 atom stereocenters. The number of aromatic hydroxyl groups is 2. The second kappa shape index (κ2) is 8.41. The lowest BCUT2D eigenvalue weighted by Gasteiger charge is -2.25. The molecule has 4 aromatic carbocycles. The maximum atomic E-state index is 10.3. The summed E-state index contributed by atoms with van der Waals surface area (Å²) in [5.74, 6) is 0.389. The molecule has 30 heavy (non-hydrogen) atoms. The number of nitrogens with two attached hydrogens (primary N) is 2. The van der Waals surface area contributed by atoms with Gasteiger partial charge in [0, 0.05) is 23.2 Å². The van der Waals surface area contributed by atoms with E-state index >= 15 is 0 Å². The molecule has 0 radical (unpaired) electrons. The largest absolute Gasteiger partial charge is 0.507 e. The highest BCUT2D eigenvalue weighted by atomic mass is 16.3. The van der Waals surface area contributed by atoms with Crippen molar-refractivity contribution in [1.82, 2.24) is 0 Å². The molecule has 0 spiro atoms. The first-order valence-corrected chi connectivity index (χ1v) is 9.83. The van der Waals surface area contributed by atoms with Crippen LogP contribution in [0.15, 0.2) is 97.1 Å². The third kappa shape index (κ3) is 3.66. The van der Waals surface area contributed by atoms with E-state index < -0.39 is 12.1 Å². The molecule has 0 bridgehead atoms. The van der Waals surface area contributed by atoms with Crippen LogP contribution in [0, 0.1) is 0 Å². The summed E-state index contributed by atoms with van der Waals surface area (Å²) < 4.78 is 0. The fourth-order valence-corrected chi connectivity index (χ4v) is 3.86. The van der Waals surface area contributed by atoms with E-state index in [1.54, 1.807) is 24.3 Å². The Morgan fingerprint density at radius 2 is 0.733 bits per heavy atom. The van der Waals surface area contributed by atoms with Crippen molar-refractivity contribution in [3.8, 4) is 33.8 Å². The number of benzene rings is 4. The monoisotopic (exact) mass is 396 g/mol. The van der Waals surface area contributed by atoms with Crippen molar-refractivity contribution in [2.75, 3.05) is 0 Å². The zero-order valence-electron chi connectivity index (χ0n) is 16.4. The van der Waals surface area contributed by atoms with E-state index in [1.165, 1.54) is 0 Å². The predicted molar refractivity (Wildman–Crippen MR) is 121 cm³/mol. The average molecular weight is 396 g/mol. The van der Waals surface area contributed by atoms with E-state index in [9.17, 15) is 10.2 Å². The Morgan fingerprint density at radius 3 is 1.10 bits per heavy atom. The second-order valence-corrected chi connectivity index (χ2v) is 7.26. The molecule has 0 saturated heterocycles. The number of phenols is 2. The summed E-state index contributed by atoms with van der Waals surface area (Å²) in [4.78, 5) is 0. The number of hydrogen-bond acceptors (Lipinski definition) is 4. The van der Waals surface area contributed by atoms with Crippen molar-refractivity contribution in [3.63, 3.8) is 0 Å². The fraction of sp³-hybridized carbons (Fsp3) is 0.0769. The Balaban J connectivity index is 1.78. The third-order valence-corrected chi connectivity index (χ3v) is 5.42. The summed E-state index contributed by atoms with van der Waals surface area (Å²) >= 11 is 0. The first kappa shape index (κ1) is 19.7. The molecule has 4 heteroatoms. The highest BCUT2D eigenvalue weighted by molar-refractivity contribution is 5.75. The van der Waals surface area contributed by atoms with E-state index in [2.05, 4.69) is 0 Å². The van der Waals surface area contributed by atoms with Crippen LogP contribution in [0.3, 0.4) is 0 Å². The molecule has 0 amide bonds. The van der Waals surface area contributed by atoms with Crippen LogP contribution in [0.5, 0.6) is 11.5 Å². The van der Waals surface area contributed by atoms with Crippen LogP contribution in [0.4, 0.5) is 0 Å². The first-order chi connectivity index (χ1) is 14.6. The molecular weight excluding hydrogens is 372 g/mol. The lowest BCUT2D eigenvalue weighted by Crippen LogP contribution is -2.27. The molecule has 4 aromatic rings. The van der Waals surface area contributed by atoms with Crippen molar-refractivity contribution in [2.24, 2.45) is 11.5 Å². The quantitative estimate of drug-likeness (QED) is 0.376. The maximum Gasteiger partial charge on any atom is 0.123 e. The molecule has 0 heterocycles. The van der Waals surface area contributed by atoms with Gasteiger partial charge in [0.25, 0.3) is 0 Å². The molecule has 4 nitrogen and oxygen atoms in total. The minimum Gasteiger partial charge on any atom is -0.507 e. The van der Waals surface area contributed by atoms with Crippen LogP contribution in [-0.2, 0) is 0 Å². The minimum absolute atomic E-state index is 0.195. The van der Waals surface area contributed by atoms with Gasteiger partial charge in [-0.3, -0.25) is 0 Å². The van der Waals surface area contributed by atoms with Crippen LogP contribution in [0.25, 0.3) is 22.3 Å². The SMILES string of the molecule is N[C@@H](c1ccccc1-c1ccccc1O)[C@@H](N)c1ccccc1-c1ccccc1O. The highest BCUT2D eigenvalue weighted by Crippen LogP contribution is 2.40. The lowest BCUT2D eigenvalue weighted by molar-refractivity contribution is 0.476. The second-order valence-electron chi connectivity index (χ2n) is 7.26. The van der Waals surface area contributed by atoms with Crippen LogP contribution in [-0.4, -0.2) is 10.2 Å². The summed E-state index contributed by atoms with van der Waals surface area (Å²) in [5.41, 5.74) is 18.2. The van der Waals surface area contributed by atoms with Gasteiger partial charge in [-0.25, -0.2) is 0 Å². The van der Waals surface area contributed by atoms with Gasteiger partial charge in [0.05, 0.1) is 0 Å². The van der Waals surface area contributed by atoms with Gasteiger partial charge >= 0.3 is 0 Å². The molecular formula is C26H24N2O2. The fourth-order valence-electron chi connectivity index (χ4n) is 3.86. The Labute approximate surface area is 176 Å². The highest BCUT2D eigenvalue weighted by Gasteiger charge is 2.24. The van der Waals surface area contributed by atoms with Crippen molar-refractivity contribution < 1.29 is 10.2 Å². The van der Waals surface area contributed by atoms with Crippen LogP contribution < -0.4 is 11.5 Å². The van der Waals surface area contributed by atoms with Crippen molar-refractivity contribution in [2.45, 2.75) is 12.1 Å². The minimum atomic E-state index is -0.521. The Kier molecular flexibility index (Phi) is 5.53. The van der Waals surface area contributed by atoms with Crippen LogP contribution in [0.2, 0.25) is 0 Å². The first-order valence-electron chi connectivity index (χ1n) is 9.83. The molecule has 0 saturated carbocycles. The molecule has 0 aliphatic carbocycles. The number of rotatable bonds is 5. The number of para-hydroxylation sites is 2. The standard InChI is InChI=1S/C26H24N2O2/c27-25(21-13-3-1-9-17(21)19-11-5-7-15-23(19)29)26(28)22-14-4-2-10-18(22)20-12-6-8-16-24(20)30/h1-16,25-26,29-30H,27-28H2/t25-,26-/m0/s1. The van der Waals surface area contributed by atoms with Gasteiger partial charge in [0.2, 0.25) is 0 Å². The number of hydrogen-bond donors (Lipinski definition) is 4. The smallest absolute Gasteiger partial charge is 0.123 e. The topological polar surface area (TPSA) is 92.5 Å². The van der Waals surface area contributed by atoms with Gasteiger partial charge in [0.15, 0.2) is 0 Å². The summed E-state index contributed by atoms with van der Waals surface area (Å²) in [7, 11) is 0. The van der Waals surface area contributed by atoms with Crippen molar-refractivity contribution in [3.05, 3.63) is 108 Å². The molecule has 0 fully saturated rings. The van der Waals surface area contributed by atoms with Gasteiger partial charge in [0.1, 0.15) is 11.5 Å². The average Bonchev–Trinajstić information content (AvgIpc) is 2.79. The Morgan fingerprint density at radius 1 is 0.433 bits per heavy atom. The van der Waals surface area contributed by atoms with E-state index in [0.29, 0.717) is 11.1 Å². The summed E-state index contributed by atoms with van der Waals surface area (Å²) in [6.45, 7) is 0. The van der Waals surface area contributed by atoms with E-state index in [1.807, 2.05) is 72.8 Å². The van der Waals surface area contributed by atoms with Gasteiger partial charge in [-0.15, -0.1) is 0 Å². The summed E-state index contributed by atoms with van der Waals surface area (Å²) in [6, 6.07) is 28.8. The van der Waals surface area contributed by atoms with E-state index in [4.69, 9.17) is 11.5 Å². The zero-order chi connectivity index (χ0) is 21.1. The van der Waals surface area contributed by atoms with Gasteiger partial charge in [-0.2, -0.15) is 0 Å². The molecule has 6 N–H and O–H groups in total. The normalized spacial score (nSPS) is 13.0. The van der Waals surface area contributed by atoms with Gasteiger partial charge < -0.3 is 21.7 Å². The molecule has 0 aliphatic heterocycles. The lowest BCUT2D eigenvalue weighted by atomic mass is 9.86. The molecule has 0 unspecified atom stereocenters. The zero-order valence-corrected chi connectivity index (χ0v) is 16.4. The summed E-state index contributed by atoms with van der Waals surface area (Å²) in [6.07, 6.45) is 0. The van der Waals surface area contributed by atoms with Gasteiger partial charge in [-0.1, -0.05) is 84.9 Å². The van der Waals surface area contributed by atoms with Crippen molar-refractivity contribution >= 4 is 0 Å². The molecule has 0 aromatic heterocycles. The predicted octanol–water partition coefficient (Wildman–Crippen LogP) is 5.13. The van der Waals surface area contributed by atoms with E-state index in [-0.39, 0.29) is 11.5 Å². The Bertz CT molecular complexity index is 1080. The molecule has 150 valence electrons. The van der Waals surface area contributed by atoms with Gasteiger partial charge in [-0.05, 0) is 34.4 Å². The van der Waals surface area contributed by atoms with E-state index in [0.717, 1.165) is 22.3 Å². The Hall–Kier alpha value is -3.60. The number of phenolic OH excluding ortho intramolecular Hbond substituents is 2. The maximum absolute atomic E-state index is 10.3. The van der Waals surface area contributed by atoms with Crippen molar-refractivity contribution in [1.29, 1.82) is 0 Å². The van der Waals surface area contributed by atoms with Crippen LogP contribution >= 0.6 is 0 Å². The third-order valence-electron chi connectivity index (χ3n) is 5.42. The molecule has 0 aliphatic rings. The molecule has 4 rings (SSSR count).